The summed E-state index contributed by atoms with van der Waals surface area (Å²) in [6.45, 7) is 2.41. The van der Waals surface area contributed by atoms with E-state index in [4.69, 9.17) is 0 Å². The van der Waals surface area contributed by atoms with Crippen molar-refractivity contribution in [2.75, 3.05) is 6.61 Å². The quantitative estimate of drug-likeness (QED) is 0.530. The van der Waals surface area contributed by atoms with Crippen LogP contribution in [-0.2, 0) is 23.9 Å². The first-order chi connectivity index (χ1) is 6.75. The number of carbonyl (C=O) groups excluding carboxylic acids is 2. The molecular formula is C8H14O5S2. The summed E-state index contributed by atoms with van der Waals surface area (Å²) < 4.78 is 25.9. The molecule has 0 fully saturated rings. The molecule has 0 aliphatic rings. The summed E-state index contributed by atoms with van der Waals surface area (Å²) >= 11 is 3.76. The summed E-state index contributed by atoms with van der Waals surface area (Å²) in [5.74, 6) is -0.443. The number of ketones is 2. The first-order valence-corrected chi connectivity index (χ1v) is 6.29. The molecule has 0 rings (SSSR count). The van der Waals surface area contributed by atoms with Gasteiger partial charge in [0.1, 0.15) is 16.1 Å². The standard InChI is InChI=1S/C8H14O5S2/c1-6(9)3-4-13-15(11,12)8(14)5-7(2)10/h8,14H,3-5H2,1-2H3. The van der Waals surface area contributed by atoms with Crippen molar-refractivity contribution in [1.29, 1.82) is 0 Å². The molecule has 0 amide bonds. The fourth-order valence-electron chi connectivity index (χ4n) is 0.728. The van der Waals surface area contributed by atoms with Crippen LogP contribution in [0.2, 0.25) is 0 Å². The minimum atomic E-state index is -3.86. The molecular weight excluding hydrogens is 240 g/mol. The number of thiol groups is 1. The smallest absolute Gasteiger partial charge is 0.279 e. The molecule has 0 radical (unpaired) electrons. The van der Waals surface area contributed by atoms with Gasteiger partial charge in [0.2, 0.25) is 0 Å². The van der Waals surface area contributed by atoms with Crippen LogP contribution in [0.15, 0.2) is 0 Å². The largest absolute Gasteiger partial charge is 0.300 e. The first-order valence-electron chi connectivity index (χ1n) is 4.31. The molecule has 0 saturated heterocycles. The van der Waals surface area contributed by atoms with Crippen LogP contribution in [0.4, 0.5) is 0 Å². The van der Waals surface area contributed by atoms with Gasteiger partial charge in [-0.1, -0.05) is 0 Å². The predicted molar refractivity (Wildman–Crippen MR) is 58.2 cm³/mol. The Morgan fingerprint density at radius 1 is 1.27 bits per heavy atom. The third kappa shape index (κ3) is 6.64. The maximum absolute atomic E-state index is 11.3. The number of rotatable bonds is 7. The highest BCUT2D eigenvalue weighted by Gasteiger charge is 2.24. The van der Waals surface area contributed by atoms with Crippen molar-refractivity contribution in [3.63, 3.8) is 0 Å². The second-order valence-electron chi connectivity index (χ2n) is 3.13. The van der Waals surface area contributed by atoms with Gasteiger partial charge in [-0.2, -0.15) is 21.0 Å². The summed E-state index contributed by atoms with van der Waals surface area (Å²) in [5, 5.41) is 0. The van der Waals surface area contributed by atoms with Crippen LogP contribution in [0.3, 0.4) is 0 Å². The minimum absolute atomic E-state index is 0.0276. The Bertz CT molecular complexity index is 333. The minimum Gasteiger partial charge on any atom is -0.300 e. The molecule has 1 unspecified atom stereocenters. The summed E-state index contributed by atoms with van der Waals surface area (Å²) in [4.78, 5) is 21.2. The third-order valence-electron chi connectivity index (χ3n) is 1.50. The lowest BCUT2D eigenvalue weighted by Crippen LogP contribution is -2.21. The normalized spacial score (nSPS) is 13.5. The Labute approximate surface area is 94.7 Å². The second-order valence-corrected chi connectivity index (χ2v) is 5.89. The van der Waals surface area contributed by atoms with Gasteiger partial charge in [-0.15, -0.1) is 0 Å². The van der Waals surface area contributed by atoms with Gasteiger partial charge >= 0.3 is 0 Å². The molecule has 1 atom stereocenters. The number of Topliss-reactive ketones (excluding diaryl/α,β-unsaturated/α-hetero) is 2. The van der Waals surface area contributed by atoms with Gasteiger partial charge in [-0.3, -0.25) is 13.8 Å². The van der Waals surface area contributed by atoms with Crippen molar-refractivity contribution < 1.29 is 22.2 Å². The van der Waals surface area contributed by atoms with Crippen molar-refractivity contribution in [2.45, 2.75) is 31.3 Å². The van der Waals surface area contributed by atoms with E-state index in [1.165, 1.54) is 13.8 Å². The lowest BCUT2D eigenvalue weighted by atomic mass is 10.3. The Kier molecular flexibility index (Phi) is 6.07. The van der Waals surface area contributed by atoms with E-state index in [1.54, 1.807) is 0 Å². The van der Waals surface area contributed by atoms with E-state index in [1.807, 2.05) is 0 Å². The average molecular weight is 254 g/mol. The monoisotopic (exact) mass is 254 g/mol. The van der Waals surface area contributed by atoms with Crippen LogP contribution in [0.5, 0.6) is 0 Å². The van der Waals surface area contributed by atoms with Gasteiger partial charge in [-0.25, -0.2) is 0 Å². The van der Waals surface area contributed by atoms with E-state index >= 15 is 0 Å². The molecule has 0 aromatic carbocycles. The molecule has 0 heterocycles. The van der Waals surface area contributed by atoms with E-state index in [0.29, 0.717) is 0 Å². The highest BCUT2D eigenvalue weighted by Crippen LogP contribution is 2.13. The highest BCUT2D eigenvalue weighted by atomic mass is 32.3. The van der Waals surface area contributed by atoms with Crippen molar-refractivity contribution in [3.8, 4) is 0 Å². The maximum Gasteiger partial charge on any atom is 0.279 e. The van der Waals surface area contributed by atoms with E-state index in [9.17, 15) is 18.0 Å². The van der Waals surface area contributed by atoms with Gasteiger partial charge in [0.25, 0.3) is 10.1 Å². The van der Waals surface area contributed by atoms with Crippen molar-refractivity contribution >= 4 is 34.3 Å². The van der Waals surface area contributed by atoms with Crippen LogP contribution < -0.4 is 0 Å². The molecule has 0 spiro atoms. The summed E-state index contributed by atoms with van der Waals surface area (Å²) in [5.41, 5.74) is 0. The zero-order valence-electron chi connectivity index (χ0n) is 8.60. The second kappa shape index (κ2) is 6.24. The summed E-state index contributed by atoms with van der Waals surface area (Å²) in [6, 6.07) is 0. The number of carbonyl (C=O) groups is 2. The molecule has 0 N–H and O–H groups in total. The Hall–Kier alpha value is -0.400. The lowest BCUT2D eigenvalue weighted by Gasteiger charge is -2.09. The van der Waals surface area contributed by atoms with Crippen LogP contribution in [0, 0.1) is 0 Å². The Morgan fingerprint density at radius 2 is 1.80 bits per heavy atom. The van der Waals surface area contributed by atoms with Gasteiger partial charge in [0.15, 0.2) is 0 Å². The van der Waals surface area contributed by atoms with E-state index in [0.717, 1.165) is 0 Å². The number of hydrogen-bond donors (Lipinski definition) is 1. The van der Waals surface area contributed by atoms with Crippen molar-refractivity contribution in [3.05, 3.63) is 0 Å². The zero-order valence-corrected chi connectivity index (χ0v) is 10.3. The topological polar surface area (TPSA) is 77.5 Å². The van der Waals surface area contributed by atoms with Gasteiger partial charge in [0, 0.05) is 12.8 Å². The van der Waals surface area contributed by atoms with E-state index in [2.05, 4.69) is 16.8 Å². The third-order valence-corrected chi connectivity index (χ3v) is 3.78. The van der Waals surface area contributed by atoms with Gasteiger partial charge in [0.05, 0.1) is 6.61 Å². The number of hydrogen-bond acceptors (Lipinski definition) is 6. The first kappa shape index (κ1) is 14.6. The molecule has 0 saturated carbocycles. The Balaban J connectivity index is 4.17. The van der Waals surface area contributed by atoms with Crippen molar-refractivity contribution in [1.82, 2.24) is 0 Å². The summed E-state index contributed by atoms with van der Waals surface area (Å²) in [7, 11) is -3.86. The molecule has 0 aromatic rings. The van der Waals surface area contributed by atoms with Crippen LogP contribution in [0.25, 0.3) is 0 Å². The molecule has 0 aliphatic heterocycles. The van der Waals surface area contributed by atoms with Crippen LogP contribution >= 0.6 is 12.6 Å². The van der Waals surface area contributed by atoms with E-state index in [-0.39, 0.29) is 31.0 Å². The summed E-state index contributed by atoms with van der Waals surface area (Å²) in [6.07, 6.45) is -0.175. The Morgan fingerprint density at radius 3 is 2.20 bits per heavy atom. The predicted octanol–water partition coefficient (Wildman–Crippen LogP) is 0.547. The molecule has 15 heavy (non-hydrogen) atoms. The highest BCUT2D eigenvalue weighted by molar-refractivity contribution is 8.02. The van der Waals surface area contributed by atoms with E-state index < -0.39 is 14.7 Å². The fourth-order valence-corrected chi connectivity index (χ4v) is 2.08. The molecule has 5 nitrogen and oxygen atoms in total. The van der Waals surface area contributed by atoms with Gasteiger partial charge < -0.3 is 0 Å². The zero-order chi connectivity index (χ0) is 12.1. The SMILES string of the molecule is CC(=O)CCOS(=O)(=O)C(S)CC(C)=O. The average Bonchev–Trinajstić information content (AvgIpc) is 2.01. The maximum atomic E-state index is 11.3. The molecule has 7 heteroatoms. The molecule has 88 valence electrons. The van der Waals surface area contributed by atoms with Crippen LogP contribution in [0.1, 0.15) is 26.7 Å². The fraction of sp³-hybridized carbons (Fsp3) is 0.750. The van der Waals surface area contributed by atoms with Crippen LogP contribution in [-0.4, -0.2) is 31.2 Å². The van der Waals surface area contributed by atoms with Gasteiger partial charge in [-0.05, 0) is 13.8 Å². The lowest BCUT2D eigenvalue weighted by molar-refractivity contribution is -0.118. The molecule has 0 aromatic heterocycles. The molecule has 0 bridgehead atoms. The molecule has 0 aliphatic carbocycles. The van der Waals surface area contributed by atoms with Crippen molar-refractivity contribution in [2.24, 2.45) is 0 Å².